The van der Waals surface area contributed by atoms with Crippen LogP contribution in [0.5, 0.6) is 0 Å². The van der Waals surface area contributed by atoms with Crippen LogP contribution >= 0.6 is 0 Å². The average Bonchev–Trinajstić information content (AvgIpc) is 2.94. The van der Waals surface area contributed by atoms with Gasteiger partial charge in [0.25, 0.3) is 5.91 Å². The highest BCUT2D eigenvalue weighted by Crippen LogP contribution is 2.26. The van der Waals surface area contributed by atoms with Gasteiger partial charge >= 0.3 is 0 Å². The molecule has 3 rings (SSSR count). The van der Waals surface area contributed by atoms with E-state index in [4.69, 9.17) is 4.42 Å². The Labute approximate surface area is 143 Å². The minimum atomic E-state index is -0.0597. The predicted octanol–water partition coefficient (Wildman–Crippen LogP) is 3.91. The number of nitrogens with zero attached hydrogens (tertiary/aromatic N) is 3. The van der Waals surface area contributed by atoms with E-state index < -0.39 is 0 Å². The zero-order chi connectivity index (χ0) is 16.9. The highest BCUT2D eigenvalue weighted by molar-refractivity contribution is 5.92. The fourth-order valence-corrected chi connectivity index (χ4v) is 3.48. The number of aryl methyl sites for hydroxylation is 2. The monoisotopic (exact) mass is 327 g/mol. The van der Waals surface area contributed by atoms with Gasteiger partial charge in [0, 0.05) is 32.4 Å². The van der Waals surface area contributed by atoms with E-state index in [1.54, 1.807) is 19.3 Å². The van der Waals surface area contributed by atoms with Gasteiger partial charge in [0.1, 0.15) is 0 Å². The smallest absolute Gasteiger partial charge is 0.291 e. The van der Waals surface area contributed by atoms with Crippen molar-refractivity contribution in [3.05, 3.63) is 47.4 Å². The normalized spacial score (nSPS) is 15.4. The third-order valence-corrected chi connectivity index (χ3v) is 4.71. The molecule has 0 bridgehead atoms. The van der Waals surface area contributed by atoms with Crippen LogP contribution in [-0.2, 0) is 6.54 Å². The van der Waals surface area contributed by atoms with E-state index in [0.717, 1.165) is 12.1 Å². The van der Waals surface area contributed by atoms with E-state index >= 15 is 0 Å². The Kier molecular flexibility index (Phi) is 5.28. The highest BCUT2D eigenvalue weighted by Gasteiger charge is 2.26. The van der Waals surface area contributed by atoms with Gasteiger partial charge < -0.3 is 9.32 Å². The Morgan fingerprint density at radius 3 is 2.54 bits per heavy atom. The van der Waals surface area contributed by atoms with Crippen LogP contribution in [0.1, 0.15) is 59.8 Å². The van der Waals surface area contributed by atoms with Crippen LogP contribution in [0.25, 0.3) is 0 Å². The van der Waals surface area contributed by atoms with Crippen molar-refractivity contribution in [3.63, 3.8) is 0 Å². The first-order valence-corrected chi connectivity index (χ1v) is 8.75. The molecule has 1 fully saturated rings. The van der Waals surface area contributed by atoms with Crippen molar-refractivity contribution in [1.82, 2.24) is 14.9 Å². The largest absolute Gasteiger partial charge is 0.436 e. The van der Waals surface area contributed by atoms with Gasteiger partial charge in [-0.2, -0.15) is 0 Å². The zero-order valence-electron chi connectivity index (χ0n) is 14.5. The molecule has 2 aromatic heterocycles. The van der Waals surface area contributed by atoms with E-state index in [0.29, 0.717) is 29.8 Å². The number of amides is 1. The third-order valence-electron chi connectivity index (χ3n) is 4.71. The van der Waals surface area contributed by atoms with Crippen LogP contribution in [0.15, 0.2) is 28.9 Å². The number of carbonyl (C=O) groups excluding carboxylic acids is 1. The standard InChI is InChI=1S/C19H25N3O2/c1-14-18(24-15(2)21-14)19(23)22(12-16-6-4-3-5-7-16)13-17-8-10-20-11-9-17/h8-11,16H,3-7,12-13H2,1-2H3. The molecular formula is C19H25N3O2. The summed E-state index contributed by atoms with van der Waals surface area (Å²) in [5, 5.41) is 0. The molecule has 0 N–H and O–H groups in total. The first kappa shape index (κ1) is 16.7. The van der Waals surface area contributed by atoms with Gasteiger partial charge in [-0.3, -0.25) is 9.78 Å². The molecule has 1 saturated carbocycles. The van der Waals surface area contributed by atoms with Gasteiger partial charge in [0.2, 0.25) is 5.76 Å². The molecule has 0 spiro atoms. The van der Waals surface area contributed by atoms with Gasteiger partial charge in [-0.15, -0.1) is 0 Å². The second-order valence-electron chi connectivity index (χ2n) is 6.69. The minimum Gasteiger partial charge on any atom is -0.436 e. The molecule has 0 aliphatic heterocycles. The van der Waals surface area contributed by atoms with Crippen molar-refractivity contribution in [2.75, 3.05) is 6.54 Å². The van der Waals surface area contributed by atoms with E-state index in [9.17, 15) is 4.79 Å². The second kappa shape index (κ2) is 7.60. The summed E-state index contributed by atoms with van der Waals surface area (Å²) in [5.74, 6) is 1.43. The Morgan fingerprint density at radius 1 is 1.21 bits per heavy atom. The van der Waals surface area contributed by atoms with Gasteiger partial charge in [-0.05, 0) is 43.4 Å². The van der Waals surface area contributed by atoms with Crippen molar-refractivity contribution < 1.29 is 9.21 Å². The third kappa shape index (κ3) is 4.02. The van der Waals surface area contributed by atoms with E-state index in [1.807, 2.05) is 24.0 Å². The van der Waals surface area contributed by atoms with Crippen molar-refractivity contribution >= 4 is 5.91 Å². The first-order valence-electron chi connectivity index (χ1n) is 8.75. The van der Waals surface area contributed by atoms with Gasteiger partial charge in [0.15, 0.2) is 5.89 Å². The summed E-state index contributed by atoms with van der Waals surface area (Å²) in [6.45, 7) is 4.96. The quantitative estimate of drug-likeness (QED) is 0.835. The number of carbonyl (C=O) groups is 1. The Bertz CT molecular complexity index is 675. The van der Waals surface area contributed by atoms with Gasteiger partial charge in [-0.1, -0.05) is 19.3 Å². The number of pyridine rings is 1. The van der Waals surface area contributed by atoms with Crippen LogP contribution in [0, 0.1) is 19.8 Å². The molecule has 1 aliphatic carbocycles. The maximum absolute atomic E-state index is 13.0. The Balaban J connectivity index is 1.80. The molecule has 0 saturated heterocycles. The maximum atomic E-state index is 13.0. The van der Waals surface area contributed by atoms with Crippen molar-refractivity contribution in [2.24, 2.45) is 5.92 Å². The topological polar surface area (TPSA) is 59.2 Å². The van der Waals surface area contributed by atoms with E-state index in [2.05, 4.69) is 9.97 Å². The summed E-state index contributed by atoms with van der Waals surface area (Å²) >= 11 is 0. The summed E-state index contributed by atoms with van der Waals surface area (Å²) in [6.07, 6.45) is 9.79. The maximum Gasteiger partial charge on any atom is 0.291 e. The summed E-state index contributed by atoms with van der Waals surface area (Å²) < 4.78 is 5.57. The molecule has 128 valence electrons. The van der Waals surface area contributed by atoms with Crippen LogP contribution in [0.4, 0.5) is 0 Å². The summed E-state index contributed by atoms with van der Waals surface area (Å²) in [7, 11) is 0. The minimum absolute atomic E-state index is 0.0597. The molecular weight excluding hydrogens is 302 g/mol. The molecule has 2 aromatic rings. The molecule has 1 aliphatic rings. The van der Waals surface area contributed by atoms with Gasteiger partial charge in [0.05, 0.1) is 5.69 Å². The fourth-order valence-electron chi connectivity index (χ4n) is 3.48. The lowest BCUT2D eigenvalue weighted by molar-refractivity contribution is 0.0664. The molecule has 5 heteroatoms. The zero-order valence-corrected chi connectivity index (χ0v) is 14.5. The lowest BCUT2D eigenvalue weighted by atomic mass is 9.89. The SMILES string of the molecule is Cc1nc(C)c(C(=O)N(Cc2ccncc2)CC2CCCCC2)o1. The fraction of sp³-hybridized carbons (Fsp3) is 0.526. The predicted molar refractivity (Wildman–Crippen MR) is 91.5 cm³/mol. The molecule has 1 amide bonds. The number of hydrogen-bond acceptors (Lipinski definition) is 4. The van der Waals surface area contributed by atoms with Crippen molar-refractivity contribution in [2.45, 2.75) is 52.5 Å². The number of hydrogen-bond donors (Lipinski definition) is 0. The number of rotatable bonds is 5. The molecule has 0 aromatic carbocycles. The molecule has 0 atom stereocenters. The summed E-state index contributed by atoms with van der Waals surface area (Å²) in [6, 6.07) is 3.92. The molecule has 0 unspecified atom stereocenters. The number of aromatic nitrogens is 2. The van der Waals surface area contributed by atoms with Crippen LogP contribution in [0.2, 0.25) is 0 Å². The van der Waals surface area contributed by atoms with Crippen LogP contribution in [-0.4, -0.2) is 27.3 Å². The average molecular weight is 327 g/mol. The number of oxazole rings is 1. The Hall–Kier alpha value is -2.17. The van der Waals surface area contributed by atoms with Crippen molar-refractivity contribution in [3.8, 4) is 0 Å². The molecule has 2 heterocycles. The summed E-state index contributed by atoms with van der Waals surface area (Å²) in [5.41, 5.74) is 1.75. The van der Waals surface area contributed by atoms with Crippen LogP contribution < -0.4 is 0 Å². The summed E-state index contributed by atoms with van der Waals surface area (Å²) in [4.78, 5) is 23.2. The molecule has 24 heavy (non-hydrogen) atoms. The van der Waals surface area contributed by atoms with Crippen molar-refractivity contribution in [1.29, 1.82) is 0 Å². The first-order chi connectivity index (χ1) is 11.6. The Morgan fingerprint density at radius 2 is 1.92 bits per heavy atom. The van der Waals surface area contributed by atoms with E-state index in [-0.39, 0.29) is 5.91 Å². The lowest BCUT2D eigenvalue weighted by Gasteiger charge is -2.29. The molecule has 0 radical (unpaired) electrons. The lowest BCUT2D eigenvalue weighted by Crippen LogP contribution is -2.35. The highest BCUT2D eigenvalue weighted by atomic mass is 16.4. The van der Waals surface area contributed by atoms with Gasteiger partial charge in [-0.25, -0.2) is 4.98 Å². The second-order valence-corrected chi connectivity index (χ2v) is 6.69. The molecule has 5 nitrogen and oxygen atoms in total. The van der Waals surface area contributed by atoms with Crippen LogP contribution in [0.3, 0.4) is 0 Å². The van der Waals surface area contributed by atoms with E-state index in [1.165, 1.54) is 32.1 Å².